The van der Waals surface area contributed by atoms with Crippen molar-refractivity contribution in [3.05, 3.63) is 18.0 Å². The fraction of sp³-hybridized carbons (Fsp3) is 0.636. The number of rotatable bonds is 4. The highest BCUT2D eigenvalue weighted by molar-refractivity contribution is 9.09. The molecule has 0 saturated heterocycles. The zero-order chi connectivity index (χ0) is 11.4. The smallest absolute Gasteiger partial charge is 0.224 e. The van der Waals surface area contributed by atoms with Crippen molar-refractivity contribution in [3.8, 4) is 0 Å². The van der Waals surface area contributed by atoms with Crippen LogP contribution in [0, 0.1) is 0 Å². The van der Waals surface area contributed by atoms with Crippen LogP contribution in [-0.2, 0) is 0 Å². The van der Waals surface area contributed by atoms with Crippen molar-refractivity contribution >= 4 is 21.9 Å². The van der Waals surface area contributed by atoms with Gasteiger partial charge in [0, 0.05) is 36.7 Å². The lowest BCUT2D eigenvalue weighted by atomic mass is 10.0. The van der Waals surface area contributed by atoms with Crippen LogP contribution in [0.5, 0.6) is 0 Å². The maximum atomic E-state index is 4.53. The van der Waals surface area contributed by atoms with E-state index in [9.17, 15) is 0 Å². The molecule has 1 aromatic rings. The van der Waals surface area contributed by atoms with Gasteiger partial charge in [0.2, 0.25) is 5.95 Å². The lowest BCUT2D eigenvalue weighted by Crippen LogP contribution is -2.16. The molecule has 2 unspecified atom stereocenters. The maximum absolute atomic E-state index is 4.53. The Morgan fingerprint density at radius 3 is 2.67 bits per heavy atom. The molecule has 0 aliphatic carbocycles. The highest BCUT2D eigenvalue weighted by atomic mass is 79.9. The van der Waals surface area contributed by atoms with Crippen molar-refractivity contribution in [2.75, 3.05) is 19.0 Å². The summed E-state index contributed by atoms with van der Waals surface area (Å²) in [6.45, 7) is 4.36. The molecule has 2 atom stereocenters. The second-order valence-corrected chi connectivity index (χ2v) is 5.06. The molecule has 84 valence electrons. The molecule has 0 aliphatic heterocycles. The van der Waals surface area contributed by atoms with E-state index in [1.54, 1.807) is 0 Å². The van der Waals surface area contributed by atoms with Gasteiger partial charge in [-0.1, -0.05) is 29.8 Å². The lowest BCUT2D eigenvalue weighted by Gasteiger charge is -2.18. The molecular formula is C11H18BrN3. The first-order valence-corrected chi connectivity index (χ1v) is 6.12. The summed E-state index contributed by atoms with van der Waals surface area (Å²) in [5.41, 5.74) is 1.09. The van der Waals surface area contributed by atoms with E-state index in [4.69, 9.17) is 0 Å². The molecule has 0 N–H and O–H groups in total. The summed E-state index contributed by atoms with van der Waals surface area (Å²) < 4.78 is 0. The second kappa shape index (κ2) is 5.45. The van der Waals surface area contributed by atoms with Gasteiger partial charge in [-0.2, -0.15) is 0 Å². The van der Waals surface area contributed by atoms with Crippen molar-refractivity contribution in [1.82, 2.24) is 9.97 Å². The lowest BCUT2D eigenvalue weighted by molar-refractivity contribution is 0.671. The first-order valence-electron chi connectivity index (χ1n) is 5.20. The highest BCUT2D eigenvalue weighted by Crippen LogP contribution is 2.25. The predicted molar refractivity (Wildman–Crippen MR) is 67.8 cm³/mol. The fourth-order valence-corrected chi connectivity index (χ4v) is 1.64. The van der Waals surface area contributed by atoms with E-state index in [1.165, 1.54) is 0 Å². The van der Waals surface area contributed by atoms with Gasteiger partial charge in [0.25, 0.3) is 0 Å². The normalized spacial score (nSPS) is 14.7. The maximum Gasteiger partial charge on any atom is 0.224 e. The SMILES string of the molecule is CCC(Br)C(C)c1ccnc(N(C)C)n1. The van der Waals surface area contributed by atoms with Gasteiger partial charge >= 0.3 is 0 Å². The van der Waals surface area contributed by atoms with E-state index < -0.39 is 0 Å². The van der Waals surface area contributed by atoms with E-state index in [1.807, 2.05) is 31.3 Å². The molecule has 0 amide bonds. The minimum absolute atomic E-state index is 0.414. The summed E-state index contributed by atoms with van der Waals surface area (Å²) in [7, 11) is 3.91. The van der Waals surface area contributed by atoms with Crippen LogP contribution in [0.15, 0.2) is 12.3 Å². The van der Waals surface area contributed by atoms with Gasteiger partial charge in [0.1, 0.15) is 0 Å². The summed E-state index contributed by atoms with van der Waals surface area (Å²) in [5.74, 6) is 1.19. The van der Waals surface area contributed by atoms with Crippen LogP contribution in [0.2, 0.25) is 0 Å². The van der Waals surface area contributed by atoms with Crippen molar-refractivity contribution in [2.45, 2.75) is 31.0 Å². The summed E-state index contributed by atoms with van der Waals surface area (Å²) in [4.78, 5) is 11.1. The topological polar surface area (TPSA) is 29.0 Å². The molecule has 0 fully saturated rings. The Balaban J connectivity index is 2.90. The van der Waals surface area contributed by atoms with Crippen molar-refractivity contribution in [2.24, 2.45) is 0 Å². The minimum Gasteiger partial charge on any atom is -0.347 e. The molecule has 1 aromatic heterocycles. The van der Waals surface area contributed by atoms with Crippen LogP contribution < -0.4 is 4.90 Å². The predicted octanol–water partition coefficient (Wildman–Crippen LogP) is 2.82. The Kier molecular flexibility index (Phi) is 4.51. The van der Waals surface area contributed by atoms with Crippen LogP contribution in [-0.4, -0.2) is 28.9 Å². The van der Waals surface area contributed by atoms with Gasteiger partial charge in [-0.05, 0) is 12.5 Å². The molecule has 1 rings (SSSR count). The minimum atomic E-state index is 0.414. The molecule has 3 nitrogen and oxygen atoms in total. The van der Waals surface area contributed by atoms with Crippen molar-refractivity contribution < 1.29 is 0 Å². The van der Waals surface area contributed by atoms with Crippen LogP contribution >= 0.6 is 15.9 Å². The van der Waals surface area contributed by atoms with Gasteiger partial charge in [0.15, 0.2) is 0 Å². The molecule has 0 saturated carbocycles. The quantitative estimate of drug-likeness (QED) is 0.789. The monoisotopic (exact) mass is 271 g/mol. The van der Waals surface area contributed by atoms with Crippen molar-refractivity contribution in [1.29, 1.82) is 0 Å². The standard InChI is InChI=1S/C11H18BrN3/c1-5-9(12)8(2)10-6-7-13-11(14-10)15(3)4/h6-9H,5H2,1-4H3. The van der Waals surface area contributed by atoms with Crippen LogP contribution in [0.3, 0.4) is 0 Å². The third-order valence-corrected chi connectivity index (χ3v) is 3.90. The molecule has 0 bridgehead atoms. The van der Waals surface area contributed by atoms with Gasteiger partial charge in [-0.15, -0.1) is 0 Å². The average molecular weight is 272 g/mol. The molecule has 15 heavy (non-hydrogen) atoms. The molecule has 0 aromatic carbocycles. The zero-order valence-corrected chi connectivity index (χ0v) is 11.3. The van der Waals surface area contributed by atoms with E-state index >= 15 is 0 Å². The van der Waals surface area contributed by atoms with E-state index in [-0.39, 0.29) is 0 Å². The Morgan fingerprint density at radius 2 is 2.13 bits per heavy atom. The molecule has 1 heterocycles. The Hall–Kier alpha value is -0.640. The molecule has 0 aliphatic rings. The van der Waals surface area contributed by atoms with Crippen LogP contribution in [0.4, 0.5) is 5.95 Å². The summed E-state index contributed by atoms with van der Waals surface area (Å²) in [6.07, 6.45) is 2.92. The highest BCUT2D eigenvalue weighted by Gasteiger charge is 2.16. The number of anilines is 1. The number of hydrogen-bond acceptors (Lipinski definition) is 3. The van der Waals surface area contributed by atoms with Gasteiger partial charge in [0.05, 0.1) is 0 Å². The number of aromatic nitrogens is 2. The number of nitrogens with zero attached hydrogens (tertiary/aromatic N) is 3. The Bertz CT molecular complexity index is 314. The van der Waals surface area contributed by atoms with Gasteiger partial charge in [-0.25, -0.2) is 9.97 Å². The summed E-state index contributed by atoms with van der Waals surface area (Å²) in [6, 6.07) is 1.99. The Labute approximate surface area is 100 Å². The molecule has 0 spiro atoms. The van der Waals surface area contributed by atoms with E-state index in [2.05, 4.69) is 39.7 Å². The third-order valence-electron chi connectivity index (χ3n) is 2.46. The number of hydrogen-bond donors (Lipinski definition) is 0. The average Bonchev–Trinajstić information content (AvgIpc) is 2.27. The van der Waals surface area contributed by atoms with Crippen LogP contribution in [0.1, 0.15) is 31.9 Å². The molecule has 4 heteroatoms. The first-order chi connectivity index (χ1) is 7.06. The van der Waals surface area contributed by atoms with E-state index in [0.29, 0.717) is 10.7 Å². The van der Waals surface area contributed by atoms with E-state index in [0.717, 1.165) is 18.1 Å². The number of halogens is 1. The third kappa shape index (κ3) is 3.16. The fourth-order valence-electron chi connectivity index (χ4n) is 1.37. The first kappa shape index (κ1) is 12.4. The number of alkyl halides is 1. The summed E-state index contributed by atoms with van der Waals surface area (Å²) >= 11 is 3.67. The zero-order valence-electron chi connectivity index (χ0n) is 9.74. The second-order valence-electron chi connectivity index (χ2n) is 3.89. The van der Waals surface area contributed by atoms with Crippen molar-refractivity contribution in [3.63, 3.8) is 0 Å². The van der Waals surface area contributed by atoms with Crippen LogP contribution in [0.25, 0.3) is 0 Å². The molecule has 0 radical (unpaired) electrons. The summed E-state index contributed by atoms with van der Waals surface area (Å²) in [5, 5.41) is 0. The van der Waals surface area contributed by atoms with Gasteiger partial charge in [-0.3, -0.25) is 0 Å². The molecular weight excluding hydrogens is 254 g/mol. The largest absolute Gasteiger partial charge is 0.347 e. The Morgan fingerprint density at radius 1 is 1.47 bits per heavy atom. The van der Waals surface area contributed by atoms with Gasteiger partial charge < -0.3 is 4.90 Å².